The Morgan fingerprint density at radius 3 is 1.15 bits per heavy atom. The minimum absolute atomic E-state index is 0.0587. The van der Waals surface area contributed by atoms with Gasteiger partial charge in [0.05, 0.1) is 31.8 Å². The van der Waals surface area contributed by atoms with Gasteiger partial charge in [-0.25, -0.2) is 9.59 Å². The maximum absolute atomic E-state index is 12.6. The number of hydrogen-bond donors (Lipinski definition) is 2. The van der Waals surface area contributed by atoms with Gasteiger partial charge in [0.25, 0.3) is 0 Å². The van der Waals surface area contributed by atoms with E-state index in [-0.39, 0.29) is 24.8 Å². The lowest BCUT2D eigenvalue weighted by Gasteiger charge is -2.16. The maximum Gasteiger partial charge on any atom is 0.349 e. The molecule has 2 unspecified atom stereocenters. The smallest absolute Gasteiger partial charge is 0.349 e. The largest absolute Gasteiger partial charge is 0.466 e. The SMILES string of the molecule is CC(=O)OCCCCCCCCCCCCCCCCCC(=O)OOOC(=O)C(CCCCCCCCCCCCCCCCOC(C)=O)CC(O)CO. The molecule has 0 amide bonds. The number of carbonyl (C=O) groups is 4. The second-order valence-electron chi connectivity index (χ2n) is 15.2. The highest BCUT2D eigenvalue weighted by Crippen LogP contribution is 2.20. The number of hydrogen-bond acceptors (Lipinski definition) is 11. The van der Waals surface area contributed by atoms with Crippen molar-refractivity contribution in [1.29, 1.82) is 0 Å². The lowest BCUT2D eigenvalue weighted by atomic mass is 9.94. The van der Waals surface area contributed by atoms with Crippen LogP contribution in [0.3, 0.4) is 0 Å². The fourth-order valence-electron chi connectivity index (χ4n) is 6.65. The predicted octanol–water partition coefficient (Wildman–Crippen LogP) is 10.5. The molecule has 0 bridgehead atoms. The fraction of sp³-hybridized carbons (Fsp3) is 0.907. The molecule has 318 valence electrons. The number of aliphatic hydroxyl groups excluding tert-OH is 2. The molecule has 0 spiro atoms. The minimum Gasteiger partial charge on any atom is -0.466 e. The van der Waals surface area contributed by atoms with E-state index in [1.54, 1.807) is 0 Å². The molecule has 11 heteroatoms. The molecule has 0 saturated carbocycles. The third-order valence-corrected chi connectivity index (χ3v) is 9.93. The molecule has 0 heterocycles. The van der Waals surface area contributed by atoms with Gasteiger partial charge in [0.1, 0.15) is 0 Å². The van der Waals surface area contributed by atoms with E-state index in [9.17, 15) is 29.4 Å². The van der Waals surface area contributed by atoms with Gasteiger partial charge >= 0.3 is 23.9 Å². The van der Waals surface area contributed by atoms with Crippen LogP contribution in [0.15, 0.2) is 0 Å². The van der Waals surface area contributed by atoms with Crippen molar-refractivity contribution >= 4 is 23.9 Å². The van der Waals surface area contributed by atoms with Gasteiger partial charge in [0.2, 0.25) is 0 Å². The quantitative estimate of drug-likeness (QED) is 0.0264. The van der Waals surface area contributed by atoms with Gasteiger partial charge in [-0.3, -0.25) is 19.4 Å². The highest BCUT2D eigenvalue weighted by molar-refractivity contribution is 5.72. The van der Waals surface area contributed by atoms with Crippen molar-refractivity contribution < 1.29 is 53.7 Å². The van der Waals surface area contributed by atoms with Crippen molar-refractivity contribution in [2.45, 2.75) is 225 Å². The molecule has 0 aliphatic heterocycles. The maximum atomic E-state index is 12.6. The minimum atomic E-state index is -1.03. The molecule has 2 atom stereocenters. The van der Waals surface area contributed by atoms with Crippen LogP contribution in [-0.2, 0) is 43.5 Å². The summed E-state index contributed by atoms with van der Waals surface area (Å²) in [4.78, 5) is 55.5. The summed E-state index contributed by atoms with van der Waals surface area (Å²) in [7, 11) is 0. The Kier molecular flexibility index (Phi) is 38.7. The van der Waals surface area contributed by atoms with Crippen LogP contribution in [0.2, 0.25) is 0 Å². The Bertz CT molecular complexity index is 881. The second-order valence-corrected chi connectivity index (χ2v) is 15.2. The van der Waals surface area contributed by atoms with Crippen LogP contribution in [0.25, 0.3) is 0 Å². The summed E-state index contributed by atoms with van der Waals surface area (Å²) >= 11 is 0. The first kappa shape index (κ1) is 51.8. The Hall–Kier alpha value is -2.24. The zero-order valence-electron chi connectivity index (χ0n) is 34.5. The van der Waals surface area contributed by atoms with Crippen molar-refractivity contribution in [2.75, 3.05) is 19.8 Å². The first-order valence-electron chi connectivity index (χ1n) is 21.9. The number of carbonyl (C=O) groups excluding carboxylic acids is 4. The van der Waals surface area contributed by atoms with Gasteiger partial charge in [-0.2, -0.15) is 0 Å². The molecule has 0 aromatic rings. The zero-order chi connectivity index (χ0) is 39.7. The Labute approximate surface area is 328 Å². The average molecular weight is 773 g/mol. The van der Waals surface area contributed by atoms with Crippen molar-refractivity contribution in [2.24, 2.45) is 5.92 Å². The molecule has 0 aromatic heterocycles. The second kappa shape index (κ2) is 40.4. The number of ether oxygens (including phenoxy) is 2. The first-order valence-corrected chi connectivity index (χ1v) is 21.9. The van der Waals surface area contributed by atoms with E-state index in [4.69, 9.17) is 14.4 Å². The molecule has 0 aliphatic rings. The molecular weight excluding hydrogens is 692 g/mol. The standard InChI is InChI=1S/C43H80O11/c1-38(45)50-34-30-26-22-18-14-10-6-3-4-9-13-17-21-25-29-33-42(48)52-54-53-43(49)40(36-41(47)37-44)32-28-24-20-16-12-8-5-7-11-15-19-23-27-31-35-51-39(2)46/h40-41,44,47H,3-37H2,1-2H3. The molecule has 2 N–H and O–H groups in total. The predicted molar refractivity (Wildman–Crippen MR) is 211 cm³/mol. The Morgan fingerprint density at radius 2 is 0.796 bits per heavy atom. The summed E-state index contributed by atoms with van der Waals surface area (Å²) in [5, 5.41) is 23.7. The van der Waals surface area contributed by atoms with Crippen LogP contribution in [0.1, 0.15) is 219 Å². The third-order valence-electron chi connectivity index (χ3n) is 9.93. The average Bonchev–Trinajstić information content (AvgIpc) is 3.14. The molecule has 0 aromatic carbocycles. The summed E-state index contributed by atoms with van der Waals surface area (Å²) in [6, 6.07) is 0. The van der Waals surface area contributed by atoms with E-state index in [1.807, 2.05) is 0 Å². The highest BCUT2D eigenvalue weighted by Gasteiger charge is 2.25. The van der Waals surface area contributed by atoms with E-state index < -0.39 is 30.6 Å². The van der Waals surface area contributed by atoms with Gasteiger partial charge in [0, 0.05) is 25.3 Å². The van der Waals surface area contributed by atoms with Crippen LogP contribution in [0.5, 0.6) is 0 Å². The number of rotatable bonds is 41. The topological polar surface area (TPSA) is 155 Å². The van der Waals surface area contributed by atoms with Crippen LogP contribution in [0, 0.1) is 5.92 Å². The van der Waals surface area contributed by atoms with Crippen LogP contribution in [-0.4, -0.2) is 60.0 Å². The van der Waals surface area contributed by atoms with E-state index in [0.29, 0.717) is 26.1 Å². The van der Waals surface area contributed by atoms with Gasteiger partial charge in [-0.1, -0.05) is 167 Å². The summed E-state index contributed by atoms with van der Waals surface area (Å²) in [6.45, 7) is 3.54. The van der Waals surface area contributed by atoms with Crippen molar-refractivity contribution in [3.05, 3.63) is 0 Å². The van der Waals surface area contributed by atoms with Crippen molar-refractivity contribution in [3.8, 4) is 0 Å². The Morgan fingerprint density at radius 1 is 0.463 bits per heavy atom. The van der Waals surface area contributed by atoms with E-state index in [0.717, 1.165) is 70.6 Å². The molecule has 54 heavy (non-hydrogen) atoms. The van der Waals surface area contributed by atoms with Crippen molar-refractivity contribution in [3.63, 3.8) is 0 Å². The van der Waals surface area contributed by atoms with Gasteiger partial charge < -0.3 is 19.7 Å². The Balaban J connectivity index is 3.72. The summed E-state index contributed by atoms with van der Waals surface area (Å²) in [6.07, 6.45) is 33.1. The summed E-state index contributed by atoms with van der Waals surface area (Å²) in [5.74, 6) is -2.33. The zero-order valence-corrected chi connectivity index (χ0v) is 34.5. The molecule has 11 nitrogen and oxygen atoms in total. The van der Waals surface area contributed by atoms with Gasteiger partial charge in [-0.15, -0.1) is 0 Å². The lowest BCUT2D eigenvalue weighted by molar-refractivity contribution is -0.460. The highest BCUT2D eigenvalue weighted by atomic mass is 17.5. The van der Waals surface area contributed by atoms with Crippen LogP contribution >= 0.6 is 0 Å². The number of unbranched alkanes of at least 4 members (excludes halogenated alkanes) is 27. The number of aliphatic hydroxyl groups is 2. The summed E-state index contributed by atoms with van der Waals surface area (Å²) in [5.41, 5.74) is 0. The third kappa shape index (κ3) is 39.5. The van der Waals surface area contributed by atoms with E-state index in [1.165, 1.54) is 123 Å². The molecular formula is C43H80O11. The monoisotopic (exact) mass is 773 g/mol. The van der Waals surface area contributed by atoms with Crippen molar-refractivity contribution in [1.82, 2.24) is 0 Å². The molecule has 0 saturated heterocycles. The normalized spacial score (nSPS) is 12.3. The molecule has 0 radical (unpaired) electrons. The molecule has 0 rings (SSSR count). The van der Waals surface area contributed by atoms with Gasteiger partial charge in [-0.05, 0) is 32.1 Å². The van der Waals surface area contributed by atoms with Crippen LogP contribution < -0.4 is 0 Å². The number of esters is 2. The lowest BCUT2D eigenvalue weighted by Crippen LogP contribution is -2.25. The fourth-order valence-corrected chi connectivity index (χ4v) is 6.65. The van der Waals surface area contributed by atoms with Crippen LogP contribution in [0.4, 0.5) is 0 Å². The van der Waals surface area contributed by atoms with Gasteiger partial charge in [0.15, 0.2) is 0 Å². The first-order chi connectivity index (χ1) is 26.3. The molecule has 0 aliphatic carbocycles. The van der Waals surface area contributed by atoms with E-state index >= 15 is 0 Å². The molecule has 0 fully saturated rings. The summed E-state index contributed by atoms with van der Waals surface area (Å²) < 4.78 is 9.90. The van der Waals surface area contributed by atoms with E-state index in [2.05, 4.69) is 9.93 Å².